The number of hydrogen-bond donors (Lipinski definition) is 1. The minimum Gasteiger partial charge on any atom is -0.322 e. The third kappa shape index (κ3) is 4.58. The number of carbonyl (C=O) groups is 1. The summed E-state index contributed by atoms with van der Waals surface area (Å²) in [5.41, 5.74) is 5.79. The maximum absolute atomic E-state index is 12.9. The van der Waals surface area contributed by atoms with Gasteiger partial charge < -0.3 is 5.32 Å². The molecule has 0 aliphatic rings. The van der Waals surface area contributed by atoms with Gasteiger partial charge in [-0.25, -0.2) is 9.97 Å². The number of carbonyl (C=O) groups excluding carboxylic acids is 1. The zero-order valence-electron chi connectivity index (χ0n) is 17.3. The van der Waals surface area contributed by atoms with E-state index < -0.39 is 0 Å². The maximum atomic E-state index is 12.9. The molecule has 0 unspecified atom stereocenters. The van der Waals surface area contributed by atoms with E-state index in [1.165, 1.54) is 0 Å². The zero-order chi connectivity index (χ0) is 22.8. The molecule has 0 spiro atoms. The van der Waals surface area contributed by atoms with Crippen LogP contribution >= 0.6 is 23.2 Å². The van der Waals surface area contributed by atoms with Crippen molar-refractivity contribution in [2.75, 3.05) is 5.32 Å². The van der Waals surface area contributed by atoms with Crippen LogP contribution in [0, 0.1) is 0 Å². The Hall–Kier alpha value is -3.73. The zero-order valence-corrected chi connectivity index (χ0v) is 18.8. The molecule has 1 amide bonds. The lowest BCUT2D eigenvalue weighted by Crippen LogP contribution is -2.12. The van der Waals surface area contributed by atoms with E-state index in [2.05, 4.69) is 5.32 Å². The minimum absolute atomic E-state index is 0.287. The highest BCUT2D eigenvalue weighted by Crippen LogP contribution is 2.31. The maximum Gasteiger partial charge on any atom is 0.255 e. The number of amides is 1. The van der Waals surface area contributed by atoms with E-state index in [9.17, 15) is 4.79 Å². The predicted octanol–water partition coefficient (Wildman–Crippen LogP) is 7.52. The fourth-order valence-corrected chi connectivity index (χ4v) is 4.15. The van der Waals surface area contributed by atoms with Crippen molar-refractivity contribution in [2.24, 2.45) is 0 Å². The molecule has 160 valence electrons. The Bertz CT molecular complexity index is 1450. The van der Waals surface area contributed by atoms with Crippen molar-refractivity contribution < 1.29 is 4.79 Å². The summed E-state index contributed by atoms with van der Waals surface area (Å²) < 4.78 is 0. The van der Waals surface area contributed by atoms with Gasteiger partial charge in [0.25, 0.3) is 5.91 Å². The number of aromatic nitrogens is 2. The van der Waals surface area contributed by atoms with Crippen molar-refractivity contribution >= 4 is 45.8 Å². The monoisotopic (exact) mass is 469 g/mol. The number of hydrogen-bond acceptors (Lipinski definition) is 3. The van der Waals surface area contributed by atoms with E-state index in [1.807, 2.05) is 66.7 Å². The van der Waals surface area contributed by atoms with Crippen LogP contribution in [0.2, 0.25) is 10.0 Å². The summed E-state index contributed by atoms with van der Waals surface area (Å²) in [5.74, 6) is -0.287. The molecule has 0 atom stereocenters. The van der Waals surface area contributed by atoms with E-state index in [1.54, 1.807) is 30.3 Å². The molecule has 0 saturated carbocycles. The van der Waals surface area contributed by atoms with Crippen molar-refractivity contribution in [2.45, 2.75) is 0 Å². The Morgan fingerprint density at radius 1 is 0.636 bits per heavy atom. The summed E-state index contributed by atoms with van der Waals surface area (Å²) in [6, 6.07) is 30.0. The Morgan fingerprint density at radius 2 is 1.18 bits per heavy atom. The number of nitrogens with zero attached hydrogens (tertiary/aromatic N) is 2. The van der Waals surface area contributed by atoms with Crippen LogP contribution in [0.3, 0.4) is 0 Å². The largest absolute Gasteiger partial charge is 0.322 e. The molecule has 5 aromatic rings. The minimum atomic E-state index is -0.287. The smallest absolute Gasteiger partial charge is 0.255 e. The normalized spacial score (nSPS) is 10.8. The fourth-order valence-electron chi connectivity index (χ4n) is 3.62. The Morgan fingerprint density at radius 3 is 1.76 bits per heavy atom. The molecule has 0 fully saturated rings. The van der Waals surface area contributed by atoms with Gasteiger partial charge >= 0.3 is 0 Å². The van der Waals surface area contributed by atoms with E-state index in [-0.39, 0.29) is 5.91 Å². The van der Waals surface area contributed by atoms with Crippen molar-refractivity contribution in [3.05, 3.63) is 113 Å². The van der Waals surface area contributed by atoms with Gasteiger partial charge in [0.2, 0.25) is 0 Å². The number of halogens is 2. The lowest BCUT2D eigenvalue weighted by atomic mass is 10.0. The first-order valence-electron chi connectivity index (χ1n) is 10.3. The SMILES string of the molecule is O=C(Nc1cc(Cl)cc(Cl)c1)c1ccc2nc(-c3ccccc3)c(-c3ccccc3)nc2c1. The molecule has 0 aliphatic carbocycles. The van der Waals surface area contributed by atoms with Crippen molar-refractivity contribution in [1.82, 2.24) is 9.97 Å². The first kappa shape index (κ1) is 21.1. The second-order valence-corrected chi connectivity index (χ2v) is 8.34. The summed E-state index contributed by atoms with van der Waals surface area (Å²) in [4.78, 5) is 22.7. The predicted molar refractivity (Wildman–Crippen MR) is 135 cm³/mol. The Kier molecular flexibility index (Phi) is 5.78. The van der Waals surface area contributed by atoms with E-state index in [0.717, 1.165) is 22.5 Å². The first-order valence-corrected chi connectivity index (χ1v) is 11.0. The summed E-state index contributed by atoms with van der Waals surface area (Å²) >= 11 is 12.1. The average Bonchev–Trinajstić information content (AvgIpc) is 2.83. The van der Waals surface area contributed by atoms with Gasteiger partial charge in [0.05, 0.1) is 22.4 Å². The van der Waals surface area contributed by atoms with Crippen molar-refractivity contribution in [3.8, 4) is 22.5 Å². The van der Waals surface area contributed by atoms with E-state index >= 15 is 0 Å². The van der Waals surface area contributed by atoms with Gasteiger partial charge in [0, 0.05) is 32.4 Å². The second kappa shape index (κ2) is 9.02. The number of nitrogens with one attached hydrogen (secondary N) is 1. The van der Waals surface area contributed by atoms with Crippen LogP contribution < -0.4 is 5.32 Å². The van der Waals surface area contributed by atoms with Crippen molar-refractivity contribution in [1.29, 1.82) is 0 Å². The van der Waals surface area contributed by atoms with Crippen LogP contribution in [0.1, 0.15) is 10.4 Å². The number of anilines is 1. The molecule has 0 radical (unpaired) electrons. The van der Waals surface area contributed by atoms with Crippen molar-refractivity contribution in [3.63, 3.8) is 0 Å². The number of rotatable bonds is 4. The third-order valence-electron chi connectivity index (χ3n) is 5.14. The highest BCUT2D eigenvalue weighted by Gasteiger charge is 2.15. The summed E-state index contributed by atoms with van der Waals surface area (Å²) in [6.45, 7) is 0. The van der Waals surface area contributed by atoms with Crippen LogP contribution in [0.15, 0.2) is 97.1 Å². The Labute approximate surface area is 200 Å². The summed E-state index contributed by atoms with van der Waals surface area (Å²) in [5, 5.41) is 3.73. The molecule has 33 heavy (non-hydrogen) atoms. The second-order valence-electron chi connectivity index (χ2n) is 7.47. The molecule has 4 aromatic carbocycles. The molecular weight excluding hydrogens is 453 g/mol. The van der Waals surface area contributed by atoms with Gasteiger partial charge in [0.1, 0.15) is 0 Å². The highest BCUT2D eigenvalue weighted by molar-refractivity contribution is 6.35. The van der Waals surface area contributed by atoms with Crippen LogP contribution in [0.4, 0.5) is 5.69 Å². The molecule has 1 heterocycles. The lowest BCUT2D eigenvalue weighted by Gasteiger charge is -2.12. The van der Waals surface area contributed by atoms with E-state index in [0.29, 0.717) is 32.3 Å². The van der Waals surface area contributed by atoms with Gasteiger partial charge in [-0.3, -0.25) is 4.79 Å². The van der Waals surface area contributed by atoms with Crippen LogP contribution in [0.5, 0.6) is 0 Å². The van der Waals surface area contributed by atoms with E-state index in [4.69, 9.17) is 33.2 Å². The lowest BCUT2D eigenvalue weighted by molar-refractivity contribution is 0.102. The molecule has 1 N–H and O–H groups in total. The Balaban J connectivity index is 1.58. The summed E-state index contributed by atoms with van der Waals surface area (Å²) in [6.07, 6.45) is 0. The van der Waals surface area contributed by atoms with Gasteiger partial charge in [-0.2, -0.15) is 0 Å². The number of benzene rings is 4. The van der Waals surface area contributed by atoms with Gasteiger partial charge in [-0.15, -0.1) is 0 Å². The third-order valence-corrected chi connectivity index (χ3v) is 5.58. The average molecular weight is 470 g/mol. The fraction of sp³-hybridized carbons (Fsp3) is 0. The van der Waals surface area contributed by atoms with Crippen LogP contribution in [0.25, 0.3) is 33.5 Å². The highest BCUT2D eigenvalue weighted by atomic mass is 35.5. The molecule has 1 aromatic heterocycles. The summed E-state index contributed by atoms with van der Waals surface area (Å²) in [7, 11) is 0. The molecule has 4 nitrogen and oxygen atoms in total. The van der Waals surface area contributed by atoms with Gasteiger partial charge in [-0.05, 0) is 36.4 Å². The first-order chi connectivity index (χ1) is 16.1. The molecule has 5 rings (SSSR count). The number of fused-ring (bicyclic) bond motifs is 1. The quantitative estimate of drug-likeness (QED) is 0.296. The van der Waals surface area contributed by atoms with Gasteiger partial charge in [-0.1, -0.05) is 83.9 Å². The van der Waals surface area contributed by atoms with Crippen LogP contribution in [-0.4, -0.2) is 15.9 Å². The van der Waals surface area contributed by atoms with Gasteiger partial charge in [0.15, 0.2) is 0 Å². The molecule has 0 bridgehead atoms. The standard InChI is InChI=1S/C27H17Cl2N3O/c28-20-14-21(29)16-22(15-20)30-27(33)19-11-12-23-24(13-19)32-26(18-9-5-2-6-10-18)25(31-23)17-7-3-1-4-8-17/h1-16H,(H,30,33). The molecular formula is C27H17Cl2N3O. The molecule has 0 aliphatic heterocycles. The molecule has 0 saturated heterocycles. The molecule has 6 heteroatoms. The van der Waals surface area contributed by atoms with Crippen LogP contribution in [-0.2, 0) is 0 Å². The topological polar surface area (TPSA) is 54.9 Å².